The third-order valence-corrected chi connectivity index (χ3v) is 7.98. The van der Waals surface area contributed by atoms with Crippen LogP contribution in [-0.4, -0.2) is 14.5 Å². The first-order chi connectivity index (χ1) is 21.0. The molecule has 43 heavy (non-hydrogen) atoms. The highest BCUT2D eigenvalue weighted by molar-refractivity contribution is 6.11. The van der Waals surface area contributed by atoms with E-state index in [4.69, 9.17) is 5.26 Å². The molecule has 5 aromatic carbocycles. The van der Waals surface area contributed by atoms with Gasteiger partial charge in [0.15, 0.2) is 0 Å². The molecule has 0 saturated carbocycles. The van der Waals surface area contributed by atoms with E-state index in [1.54, 1.807) is 12.4 Å². The van der Waals surface area contributed by atoms with Gasteiger partial charge >= 0.3 is 0 Å². The molecule has 0 atom stereocenters. The van der Waals surface area contributed by atoms with Crippen LogP contribution < -0.4 is 0 Å². The van der Waals surface area contributed by atoms with E-state index in [1.165, 1.54) is 11.1 Å². The molecule has 202 valence electrons. The molecule has 5 heteroatoms. The standard InChI is InChI=1S/C38H25N5/c1-24-3-7-26(8-4-24)29-11-14-33-34-15-12-30(27-9-5-25(2)6-10-27)19-37(34)43(36(33)18-29)35-16-13-28(17-31(35)20-39)32-22-41-38(21-40)42-23-32/h3-19,22-23H,1-2H3. The van der Waals surface area contributed by atoms with Crippen LogP contribution in [0.25, 0.3) is 60.9 Å². The number of benzene rings is 5. The predicted molar refractivity (Wildman–Crippen MR) is 172 cm³/mol. The van der Waals surface area contributed by atoms with Crippen molar-refractivity contribution in [3.8, 4) is 51.2 Å². The van der Waals surface area contributed by atoms with Gasteiger partial charge in [-0.15, -0.1) is 0 Å². The minimum Gasteiger partial charge on any atom is -0.308 e. The lowest BCUT2D eigenvalue weighted by Gasteiger charge is -2.13. The van der Waals surface area contributed by atoms with Crippen LogP contribution in [0, 0.1) is 36.5 Å². The lowest BCUT2D eigenvalue weighted by atomic mass is 10.0. The third-order valence-electron chi connectivity index (χ3n) is 7.98. The van der Waals surface area contributed by atoms with Crippen molar-refractivity contribution in [2.75, 3.05) is 0 Å². The third kappa shape index (κ3) is 4.60. The van der Waals surface area contributed by atoms with Gasteiger partial charge in [-0.25, -0.2) is 9.97 Å². The highest BCUT2D eigenvalue weighted by atomic mass is 15.0. The molecule has 2 aromatic heterocycles. The Balaban J connectivity index is 1.48. The summed E-state index contributed by atoms with van der Waals surface area (Å²) in [4.78, 5) is 8.22. The van der Waals surface area contributed by atoms with Gasteiger partial charge in [0.25, 0.3) is 0 Å². The molecule has 0 N–H and O–H groups in total. The number of aryl methyl sites for hydroxylation is 2. The van der Waals surface area contributed by atoms with E-state index in [0.717, 1.165) is 60.9 Å². The molecule has 0 saturated heterocycles. The molecule has 0 aliphatic rings. The van der Waals surface area contributed by atoms with Crippen LogP contribution in [0.2, 0.25) is 0 Å². The molecule has 0 radical (unpaired) electrons. The average molecular weight is 552 g/mol. The lowest BCUT2D eigenvalue weighted by Crippen LogP contribution is -1.99. The minimum atomic E-state index is 0.111. The minimum absolute atomic E-state index is 0.111. The summed E-state index contributed by atoms with van der Waals surface area (Å²) in [6.07, 6.45) is 3.23. The summed E-state index contributed by atoms with van der Waals surface area (Å²) >= 11 is 0. The number of rotatable bonds is 4. The maximum absolute atomic E-state index is 10.4. The molecule has 0 spiro atoms. The number of fused-ring (bicyclic) bond motifs is 3. The van der Waals surface area contributed by atoms with Crippen LogP contribution in [0.1, 0.15) is 22.5 Å². The summed E-state index contributed by atoms with van der Waals surface area (Å²) in [6.45, 7) is 4.18. The molecular formula is C38H25N5. The van der Waals surface area contributed by atoms with Gasteiger partial charge in [0, 0.05) is 28.7 Å². The van der Waals surface area contributed by atoms with E-state index in [1.807, 2.05) is 24.3 Å². The number of aromatic nitrogens is 3. The number of hydrogen-bond acceptors (Lipinski definition) is 4. The van der Waals surface area contributed by atoms with Gasteiger partial charge in [-0.05, 0) is 65.9 Å². The van der Waals surface area contributed by atoms with Crippen molar-refractivity contribution in [1.82, 2.24) is 14.5 Å². The highest BCUT2D eigenvalue weighted by Crippen LogP contribution is 2.38. The normalized spacial score (nSPS) is 11.0. The number of nitriles is 2. The maximum Gasteiger partial charge on any atom is 0.232 e. The van der Waals surface area contributed by atoms with Crippen molar-refractivity contribution in [2.45, 2.75) is 13.8 Å². The monoisotopic (exact) mass is 551 g/mol. The molecule has 0 aliphatic heterocycles. The van der Waals surface area contributed by atoms with Gasteiger partial charge in [-0.2, -0.15) is 10.5 Å². The van der Waals surface area contributed by atoms with Gasteiger partial charge in [0.2, 0.25) is 5.82 Å². The second kappa shape index (κ2) is 10.4. The molecule has 0 fully saturated rings. The quantitative estimate of drug-likeness (QED) is 0.219. The van der Waals surface area contributed by atoms with E-state index in [2.05, 4.69) is 119 Å². The summed E-state index contributed by atoms with van der Waals surface area (Å²) < 4.78 is 2.21. The van der Waals surface area contributed by atoms with Crippen molar-refractivity contribution in [2.24, 2.45) is 0 Å². The molecule has 2 heterocycles. The van der Waals surface area contributed by atoms with Gasteiger partial charge in [-0.3, -0.25) is 0 Å². The summed E-state index contributed by atoms with van der Waals surface area (Å²) in [7, 11) is 0. The Hall–Kier alpha value is -6.04. The van der Waals surface area contributed by atoms with Crippen molar-refractivity contribution >= 4 is 21.8 Å². The SMILES string of the molecule is Cc1ccc(-c2ccc3c4ccc(-c5ccc(C)cc5)cc4n(-c4ccc(-c5cnc(C#N)nc5)cc4C#N)c3c2)cc1. The Morgan fingerprint density at radius 3 is 1.47 bits per heavy atom. The second-order valence-electron chi connectivity index (χ2n) is 10.8. The zero-order valence-corrected chi connectivity index (χ0v) is 23.7. The van der Waals surface area contributed by atoms with Crippen LogP contribution >= 0.6 is 0 Å². The van der Waals surface area contributed by atoms with Gasteiger partial charge in [0.1, 0.15) is 12.1 Å². The fourth-order valence-electron chi connectivity index (χ4n) is 5.66. The Kier molecular flexibility index (Phi) is 6.27. The number of hydrogen-bond donors (Lipinski definition) is 0. The zero-order valence-electron chi connectivity index (χ0n) is 23.7. The zero-order chi connectivity index (χ0) is 29.5. The molecule has 7 rings (SSSR count). The highest BCUT2D eigenvalue weighted by Gasteiger charge is 2.18. The molecule has 0 amide bonds. The van der Waals surface area contributed by atoms with E-state index in [-0.39, 0.29) is 5.82 Å². The number of nitrogens with zero attached hydrogens (tertiary/aromatic N) is 5. The molecule has 5 nitrogen and oxygen atoms in total. The van der Waals surface area contributed by atoms with Crippen molar-refractivity contribution in [3.05, 3.63) is 138 Å². The largest absolute Gasteiger partial charge is 0.308 e. The van der Waals surface area contributed by atoms with Gasteiger partial charge < -0.3 is 4.57 Å². The first kappa shape index (κ1) is 25.9. The van der Waals surface area contributed by atoms with Crippen molar-refractivity contribution in [1.29, 1.82) is 10.5 Å². The maximum atomic E-state index is 10.4. The van der Waals surface area contributed by atoms with E-state index < -0.39 is 0 Å². The van der Waals surface area contributed by atoms with Crippen LogP contribution in [-0.2, 0) is 0 Å². The Morgan fingerprint density at radius 1 is 0.512 bits per heavy atom. The Bertz CT molecular complexity index is 2140. The Labute approximate surface area is 249 Å². The van der Waals surface area contributed by atoms with Crippen molar-refractivity contribution < 1.29 is 0 Å². The first-order valence-corrected chi connectivity index (χ1v) is 14.0. The first-order valence-electron chi connectivity index (χ1n) is 14.0. The van der Waals surface area contributed by atoms with Crippen LogP contribution in [0.3, 0.4) is 0 Å². The summed E-state index contributed by atoms with van der Waals surface area (Å²) in [5, 5.41) is 21.7. The summed E-state index contributed by atoms with van der Waals surface area (Å²) in [6, 6.07) is 40.5. The van der Waals surface area contributed by atoms with Crippen LogP contribution in [0.4, 0.5) is 0 Å². The van der Waals surface area contributed by atoms with E-state index in [9.17, 15) is 5.26 Å². The second-order valence-corrected chi connectivity index (χ2v) is 10.8. The average Bonchev–Trinajstić information content (AvgIpc) is 3.38. The summed E-state index contributed by atoms with van der Waals surface area (Å²) in [5.41, 5.74) is 11.9. The lowest BCUT2D eigenvalue weighted by molar-refractivity contribution is 1.11. The van der Waals surface area contributed by atoms with E-state index in [0.29, 0.717) is 5.56 Å². The molecule has 7 aromatic rings. The molecule has 0 bridgehead atoms. The molecule has 0 aliphatic carbocycles. The van der Waals surface area contributed by atoms with Crippen LogP contribution in [0.15, 0.2) is 116 Å². The van der Waals surface area contributed by atoms with Gasteiger partial charge in [-0.1, -0.05) is 90.0 Å². The topological polar surface area (TPSA) is 78.3 Å². The van der Waals surface area contributed by atoms with E-state index >= 15 is 0 Å². The summed E-state index contributed by atoms with van der Waals surface area (Å²) in [5.74, 6) is 0.111. The van der Waals surface area contributed by atoms with Gasteiger partial charge in [0.05, 0.1) is 22.3 Å². The molecule has 0 unspecified atom stereocenters. The van der Waals surface area contributed by atoms with Crippen LogP contribution in [0.5, 0.6) is 0 Å². The Morgan fingerprint density at radius 2 is 0.977 bits per heavy atom. The fraction of sp³-hybridized carbons (Fsp3) is 0.0526. The van der Waals surface area contributed by atoms with Crippen molar-refractivity contribution in [3.63, 3.8) is 0 Å². The predicted octanol–water partition coefficient (Wildman–Crippen LogP) is 8.93. The molecular weight excluding hydrogens is 526 g/mol. The smallest absolute Gasteiger partial charge is 0.232 e. The fourth-order valence-corrected chi connectivity index (χ4v) is 5.66.